The molecule has 0 aromatic rings. The lowest BCUT2D eigenvalue weighted by Crippen LogP contribution is -2.37. The summed E-state index contributed by atoms with van der Waals surface area (Å²) in [5.41, 5.74) is -0.627. The van der Waals surface area contributed by atoms with Crippen LogP contribution >= 0.6 is 24.0 Å². The fraction of sp³-hybridized carbons (Fsp3) is 0.625. The molecule has 14 heavy (non-hydrogen) atoms. The molecule has 0 unspecified atom stereocenters. The molecule has 0 aliphatic carbocycles. The van der Waals surface area contributed by atoms with Gasteiger partial charge in [-0.2, -0.15) is 0 Å². The van der Waals surface area contributed by atoms with Gasteiger partial charge in [-0.1, -0.05) is 0 Å². The predicted octanol–water partition coefficient (Wildman–Crippen LogP) is 0.831. The first kappa shape index (κ1) is 11.5. The molecule has 0 radical (unpaired) electrons. The summed E-state index contributed by atoms with van der Waals surface area (Å²) >= 11 is 6.17. The van der Waals surface area contributed by atoms with Gasteiger partial charge in [-0.15, -0.1) is 0 Å². The Balaban J connectivity index is 2.83. The topological polar surface area (TPSA) is 44.7 Å². The molecule has 1 aliphatic heterocycles. The molecule has 1 aliphatic rings. The highest BCUT2D eigenvalue weighted by Crippen LogP contribution is 2.29. The summed E-state index contributed by atoms with van der Waals surface area (Å²) in [5, 5.41) is 4.10. The monoisotopic (exact) mass is 231 g/mol. The van der Waals surface area contributed by atoms with Gasteiger partial charge >= 0.3 is 0 Å². The van der Waals surface area contributed by atoms with Crippen molar-refractivity contribution < 1.29 is 4.79 Å². The zero-order valence-corrected chi connectivity index (χ0v) is 10.3. The van der Waals surface area contributed by atoms with Crippen LogP contribution in [-0.2, 0) is 4.79 Å². The molecular formula is C8H13N3OS2. The number of amidine groups is 1. The van der Waals surface area contributed by atoms with Crippen molar-refractivity contribution in [3.05, 3.63) is 0 Å². The maximum atomic E-state index is 11.5. The lowest BCUT2D eigenvalue weighted by atomic mass is 10.1. The number of thiocarbonyl (C=S) groups is 1. The first-order valence-corrected chi connectivity index (χ1v) is 5.38. The van der Waals surface area contributed by atoms with E-state index in [9.17, 15) is 4.79 Å². The second kappa shape index (κ2) is 3.86. The molecule has 1 rings (SSSR count). The van der Waals surface area contributed by atoms with Crippen LogP contribution in [-0.4, -0.2) is 39.9 Å². The van der Waals surface area contributed by atoms with E-state index < -0.39 is 5.54 Å². The average molecular weight is 231 g/mol. The third-order valence-corrected chi connectivity index (χ3v) is 3.57. The van der Waals surface area contributed by atoms with Crippen molar-refractivity contribution in [2.24, 2.45) is 4.99 Å². The first-order valence-electron chi connectivity index (χ1n) is 4.16. The lowest BCUT2D eigenvalue weighted by molar-refractivity contribution is -0.114. The third kappa shape index (κ3) is 2.06. The van der Waals surface area contributed by atoms with Gasteiger partial charge in [0.15, 0.2) is 10.3 Å². The molecule has 0 saturated carbocycles. The molecule has 1 heterocycles. The highest BCUT2D eigenvalue weighted by molar-refractivity contribution is 8.26. The number of hydrogen-bond acceptors (Lipinski definition) is 4. The number of hydrogen-bond donors (Lipinski definition) is 1. The number of aliphatic imine (C=N–C) groups is 1. The van der Waals surface area contributed by atoms with Gasteiger partial charge in [-0.05, 0) is 37.8 Å². The van der Waals surface area contributed by atoms with E-state index in [0.29, 0.717) is 10.3 Å². The van der Waals surface area contributed by atoms with Crippen LogP contribution in [0.25, 0.3) is 0 Å². The van der Waals surface area contributed by atoms with Gasteiger partial charge in [0.2, 0.25) is 5.12 Å². The summed E-state index contributed by atoms with van der Waals surface area (Å²) in [5.74, 6) is 0. The second-order valence-corrected chi connectivity index (χ2v) is 4.78. The minimum Gasteiger partial charge on any atom is -0.365 e. The van der Waals surface area contributed by atoms with Crippen molar-refractivity contribution >= 4 is 39.4 Å². The average Bonchev–Trinajstić information content (AvgIpc) is 2.39. The Morgan fingerprint density at radius 2 is 2.21 bits per heavy atom. The molecule has 0 bridgehead atoms. The zero-order valence-electron chi connectivity index (χ0n) is 8.62. The Labute approximate surface area is 93.1 Å². The molecule has 0 saturated heterocycles. The smallest absolute Gasteiger partial charge is 0.223 e. The van der Waals surface area contributed by atoms with Gasteiger partial charge in [-0.25, -0.2) is 4.99 Å². The molecule has 4 nitrogen and oxygen atoms in total. The van der Waals surface area contributed by atoms with Crippen LogP contribution in [0.15, 0.2) is 4.99 Å². The second-order valence-electron chi connectivity index (χ2n) is 3.46. The minimum atomic E-state index is -0.627. The number of nitrogens with one attached hydrogen (secondary N) is 1. The summed E-state index contributed by atoms with van der Waals surface area (Å²) in [4.78, 5) is 17.5. The van der Waals surface area contributed by atoms with E-state index in [1.165, 1.54) is 0 Å². The van der Waals surface area contributed by atoms with Crippen LogP contribution in [0.4, 0.5) is 0 Å². The quantitative estimate of drug-likeness (QED) is 0.626. The van der Waals surface area contributed by atoms with Crippen LogP contribution in [0.1, 0.15) is 13.8 Å². The van der Waals surface area contributed by atoms with Gasteiger partial charge in [0, 0.05) is 14.1 Å². The Bertz CT molecular complexity index is 312. The Morgan fingerprint density at radius 1 is 1.64 bits per heavy atom. The fourth-order valence-electron chi connectivity index (χ4n) is 0.913. The summed E-state index contributed by atoms with van der Waals surface area (Å²) in [6.45, 7) is 3.59. The minimum absolute atomic E-state index is 0.0539. The zero-order chi connectivity index (χ0) is 10.9. The van der Waals surface area contributed by atoms with E-state index in [1.54, 1.807) is 32.8 Å². The molecule has 0 spiro atoms. The number of carbonyl (C=O) groups excluding carboxylic acids is 1. The van der Waals surface area contributed by atoms with Crippen molar-refractivity contribution in [1.82, 2.24) is 10.2 Å². The molecule has 0 amide bonds. The largest absolute Gasteiger partial charge is 0.365 e. The predicted molar refractivity (Wildman–Crippen MR) is 63.5 cm³/mol. The van der Waals surface area contributed by atoms with E-state index in [-0.39, 0.29) is 5.12 Å². The van der Waals surface area contributed by atoms with E-state index in [2.05, 4.69) is 10.3 Å². The Hall–Kier alpha value is -0.620. The van der Waals surface area contributed by atoms with Gasteiger partial charge < -0.3 is 10.2 Å². The van der Waals surface area contributed by atoms with Gasteiger partial charge in [-0.3, -0.25) is 4.79 Å². The van der Waals surface area contributed by atoms with Crippen LogP contribution in [0.3, 0.4) is 0 Å². The maximum absolute atomic E-state index is 11.5. The number of nitrogens with zero attached hydrogens (tertiary/aromatic N) is 2. The lowest BCUT2D eigenvalue weighted by Gasteiger charge is -2.17. The fourth-order valence-corrected chi connectivity index (χ4v) is 2.02. The highest BCUT2D eigenvalue weighted by atomic mass is 32.2. The van der Waals surface area contributed by atoms with E-state index in [4.69, 9.17) is 12.2 Å². The number of carbonyl (C=O) groups is 1. The van der Waals surface area contributed by atoms with Gasteiger partial charge in [0.05, 0.1) is 0 Å². The third-order valence-electron chi connectivity index (χ3n) is 1.86. The van der Waals surface area contributed by atoms with Gasteiger partial charge in [0.1, 0.15) is 5.54 Å². The summed E-state index contributed by atoms with van der Waals surface area (Å²) in [6, 6.07) is 0. The summed E-state index contributed by atoms with van der Waals surface area (Å²) in [7, 11) is 3.53. The number of rotatable bonds is 0. The maximum Gasteiger partial charge on any atom is 0.223 e. The first-order chi connectivity index (χ1) is 6.38. The standard InChI is InChI=1S/C8H13N3OS2/c1-8(2)5(12)14-7(10-8)11(4)6(13)9-3/h1-4H3,(H,9,13). The summed E-state index contributed by atoms with van der Waals surface area (Å²) < 4.78 is 0. The molecule has 1 N–H and O–H groups in total. The molecule has 0 atom stereocenters. The van der Waals surface area contributed by atoms with Crippen LogP contribution in [0.5, 0.6) is 0 Å². The van der Waals surface area contributed by atoms with Crippen molar-refractivity contribution in [3.8, 4) is 0 Å². The molecule has 0 aromatic carbocycles. The van der Waals surface area contributed by atoms with Crippen molar-refractivity contribution in [1.29, 1.82) is 0 Å². The molecule has 0 fully saturated rings. The SMILES string of the molecule is CNC(=S)N(C)C1=NC(C)(C)C(=O)S1. The van der Waals surface area contributed by atoms with Gasteiger partial charge in [0.25, 0.3) is 0 Å². The molecule has 6 heteroatoms. The molecular weight excluding hydrogens is 218 g/mol. The van der Waals surface area contributed by atoms with Crippen molar-refractivity contribution in [2.75, 3.05) is 14.1 Å². The van der Waals surface area contributed by atoms with E-state index in [1.807, 2.05) is 0 Å². The van der Waals surface area contributed by atoms with Crippen LogP contribution in [0.2, 0.25) is 0 Å². The van der Waals surface area contributed by atoms with E-state index >= 15 is 0 Å². The van der Waals surface area contributed by atoms with Crippen molar-refractivity contribution in [2.45, 2.75) is 19.4 Å². The molecule has 78 valence electrons. The molecule has 0 aromatic heterocycles. The van der Waals surface area contributed by atoms with Crippen LogP contribution < -0.4 is 5.32 Å². The Kier molecular flexibility index (Phi) is 3.16. The van der Waals surface area contributed by atoms with E-state index in [0.717, 1.165) is 11.8 Å². The highest BCUT2D eigenvalue weighted by Gasteiger charge is 2.37. The van der Waals surface area contributed by atoms with Crippen LogP contribution in [0, 0.1) is 0 Å². The normalized spacial score (nSPS) is 19.1. The number of thioether (sulfide) groups is 1. The van der Waals surface area contributed by atoms with Crippen molar-refractivity contribution in [3.63, 3.8) is 0 Å². The summed E-state index contributed by atoms with van der Waals surface area (Å²) in [6.07, 6.45) is 0. The Morgan fingerprint density at radius 3 is 2.57 bits per heavy atom.